The molecule has 0 saturated carbocycles. The Hall–Kier alpha value is -2.15. The van der Waals surface area contributed by atoms with Crippen molar-refractivity contribution in [2.75, 3.05) is 39.3 Å². The summed E-state index contributed by atoms with van der Waals surface area (Å²) in [5.74, 6) is 0.0789. The van der Waals surface area contributed by atoms with Gasteiger partial charge in [0.25, 0.3) is 0 Å². The van der Waals surface area contributed by atoms with Gasteiger partial charge in [-0.15, -0.1) is 0 Å². The van der Waals surface area contributed by atoms with Crippen LogP contribution in [0.2, 0.25) is 0 Å². The summed E-state index contributed by atoms with van der Waals surface area (Å²) in [4.78, 5) is -0.456. The van der Waals surface area contributed by atoms with Crippen LogP contribution in [-0.2, 0) is 44.3 Å². The normalized spacial score (nSPS) is 29.4. The largest absolute Gasteiger partial charge is 0.456 e. The van der Waals surface area contributed by atoms with Gasteiger partial charge in [-0.25, -0.2) is 25.3 Å². The van der Waals surface area contributed by atoms with Gasteiger partial charge in [0.2, 0.25) is 30.1 Å². The molecule has 0 N–H and O–H groups in total. The summed E-state index contributed by atoms with van der Waals surface area (Å²) >= 11 is 0. The van der Waals surface area contributed by atoms with Crippen molar-refractivity contribution in [1.29, 1.82) is 0 Å². The highest BCUT2D eigenvalue weighted by atomic mass is 32.2. The van der Waals surface area contributed by atoms with Crippen molar-refractivity contribution in [2.24, 2.45) is 0 Å². The number of sulfonamides is 3. The van der Waals surface area contributed by atoms with E-state index in [9.17, 15) is 25.3 Å². The third-order valence-electron chi connectivity index (χ3n) is 8.02. The molecule has 3 aliphatic rings. The van der Waals surface area contributed by atoms with Crippen molar-refractivity contribution in [3.8, 4) is 11.5 Å². The van der Waals surface area contributed by atoms with Gasteiger partial charge in [0.1, 0.15) is 16.4 Å². The van der Waals surface area contributed by atoms with Crippen LogP contribution < -0.4 is 4.74 Å². The maximum absolute atomic E-state index is 14.1. The molecule has 0 unspecified atom stereocenters. The third kappa shape index (κ3) is 7.45. The van der Waals surface area contributed by atoms with Gasteiger partial charge in [0.15, 0.2) is 0 Å². The summed E-state index contributed by atoms with van der Waals surface area (Å²) in [5.41, 5.74) is 0. The van der Waals surface area contributed by atoms with Crippen LogP contribution >= 0.6 is 0 Å². The predicted molar refractivity (Wildman–Crippen MR) is 169 cm³/mol. The van der Waals surface area contributed by atoms with Crippen LogP contribution in [0.5, 0.6) is 11.5 Å². The van der Waals surface area contributed by atoms with E-state index in [1.165, 1.54) is 49.3 Å². The average molecular weight is 702 g/mol. The number of rotatable bonds is 8. The molecule has 3 heterocycles. The molecule has 0 radical (unpaired) electrons. The zero-order chi connectivity index (χ0) is 33.6. The smallest absolute Gasteiger partial charge is 0.247 e. The molecule has 0 amide bonds. The standard InChI is InChI=1S/C30H43N3O10S3/c1-20-14-31(15-21(2)40-20)44(34,35)27-9-7-26(8-10-27)43-29-12-11-28(45(36,37)32-16-22(3)41-23(4)17-32)13-30(29)46(38,39)33-18-24(5)42-25(6)19-33/h7-13,20-25H,14-19H2,1-6H3/t20-,21-,22-,23+,24-,25+/m1/s1. The predicted octanol–water partition coefficient (Wildman–Crippen LogP) is 2.87. The van der Waals surface area contributed by atoms with Crippen LogP contribution in [0.4, 0.5) is 0 Å². The Morgan fingerprint density at radius 3 is 1.28 bits per heavy atom. The van der Waals surface area contributed by atoms with Crippen molar-refractivity contribution in [3.05, 3.63) is 42.5 Å². The molecule has 0 aromatic heterocycles. The maximum atomic E-state index is 14.1. The van der Waals surface area contributed by atoms with Crippen LogP contribution in [0.1, 0.15) is 41.5 Å². The third-order valence-corrected chi connectivity index (χ3v) is 13.5. The van der Waals surface area contributed by atoms with Gasteiger partial charge in [-0.1, -0.05) is 0 Å². The monoisotopic (exact) mass is 701 g/mol. The Morgan fingerprint density at radius 1 is 0.522 bits per heavy atom. The highest BCUT2D eigenvalue weighted by Gasteiger charge is 2.38. The van der Waals surface area contributed by atoms with E-state index in [0.29, 0.717) is 0 Å². The number of hydrogen-bond donors (Lipinski definition) is 0. The fourth-order valence-corrected chi connectivity index (χ4v) is 11.2. The summed E-state index contributed by atoms with van der Waals surface area (Å²) in [6.45, 7) is 11.6. The van der Waals surface area contributed by atoms with Gasteiger partial charge in [-0.3, -0.25) is 0 Å². The molecule has 0 aliphatic carbocycles. The van der Waals surface area contributed by atoms with Gasteiger partial charge in [-0.2, -0.15) is 12.9 Å². The van der Waals surface area contributed by atoms with Crippen molar-refractivity contribution in [2.45, 2.75) is 92.9 Å². The van der Waals surface area contributed by atoms with Crippen LogP contribution in [0, 0.1) is 0 Å². The lowest BCUT2D eigenvalue weighted by Crippen LogP contribution is -2.48. The van der Waals surface area contributed by atoms with E-state index in [1.807, 2.05) is 13.8 Å². The summed E-state index contributed by atoms with van der Waals surface area (Å²) in [7, 11) is -12.2. The first-order valence-corrected chi connectivity index (χ1v) is 19.7. The van der Waals surface area contributed by atoms with Gasteiger partial charge in [0.05, 0.1) is 46.4 Å². The molecule has 2 aromatic rings. The van der Waals surface area contributed by atoms with Crippen molar-refractivity contribution in [3.63, 3.8) is 0 Å². The fourth-order valence-electron chi connectivity index (χ4n) is 6.16. The van der Waals surface area contributed by atoms with Crippen molar-refractivity contribution < 1.29 is 44.2 Å². The second-order valence-electron chi connectivity index (χ2n) is 12.4. The first kappa shape index (κ1) is 35.2. The lowest BCUT2D eigenvalue weighted by Gasteiger charge is -2.35. The Labute approximate surface area is 272 Å². The number of hydrogen-bond acceptors (Lipinski definition) is 10. The van der Waals surface area contributed by atoms with E-state index in [4.69, 9.17) is 18.9 Å². The summed E-state index contributed by atoms with van der Waals surface area (Å²) in [6, 6.07) is 9.45. The number of benzene rings is 2. The van der Waals surface area contributed by atoms with Crippen molar-refractivity contribution >= 4 is 30.1 Å². The van der Waals surface area contributed by atoms with Gasteiger partial charge < -0.3 is 18.9 Å². The van der Waals surface area contributed by atoms with Crippen molar-refractivity contribution in [1.82, 2.24) is 12.9 Å². The molecule has 256 valence electrons. The van der Waals surface area contributed by atoms with Gasteiger partial charge in [-0.05, 0) is 84.0 Å². The minimum atomic E-state index is -4.26. The summed E-state index contributed by atoms with van der Waals surface area (Å²) in [5, 5.41) is 0. The van der Waals surface area contributed by atoms with Crippen LogP contribution in [0.3, 0.4) is 0 Å². The molecule has 3 fully saturated rings. The molecule has 0 bridgehead atoms. The van der Waals surface area contributed by atoms with E-state index in [0.717, 1.165) is 6.07 Å². The SMILES string of the molecule is C[C@@H]1CN(S(=O)(=O)c2ccc(Oc3ccc(S(=O)(=O)N4C[C@@H](C)O[C@@H](C)C4)cc3S(=O)(=O)N3C[C@@H](C)O[C@@H](C)C3)cc2)C[C@@H](C)O1. The Kier molecular flexibility index (Phi) is 10.2. The topological polar surface area (TPSA) is 149 Å². The lowest BCUT2D eigenvalue weighted by molar-refractivity contribution is -0.0442. The molecule has 13 nitrogen and oxygen atoms in total. The average Bonchev–Trinajstić information content (AvgIpc) is 2.96. The van der Waals surface area contributed by atoms with Gasteiger partial charge in [0, 0.05) is 39.3 Å². The maximum Gasteiger partial charge on any atom is 0.247 e. The molecular formula is C30H43N3O10S3. The Bertz CT molecular complexity index is 1710. The molecule has 3 aliphatic heterocycles. The first-order chi connectivity index (χ1) is 21.5. The van der Waals surface area contributed by atoms with E-state index in [1.54, 1.807) is 27.7 Å². The van der Waals surface area contributed by atoms with E-state index in [2.05, 4.69) is 0 Å². The minimum absolute atomic E-state index is 0.0562. The molecular weight excluding hydrogens is 659 g/mol. The quantitative estimate of drug-likeness (QED) is 0.402. The number of ether oxygens (including phenoxy) is 4. The Balaban J connectivity index is 1.49. The molecule has 6 atom stereocenters. The van der Waals surface area contributed by atoms with E-state index < -0.39 is 30.1 Å². The molecule has 3 saturated heterocycles. The lowest BCUT2D eigenvalue weighted by atomic mass is 10.3. The Morgan fingerprint density at radius 2 is 0.870 bits per heavy atom. The molecule has 5 rings (SSSR count). The van der Waals surface area contributed by atoms with E-state index in [-0.39, 0.29) is 102 Å². The first-order valence-electron chi connectivity index (χ1n) is 15.4. The van der Waals surface area contributed by atoms with Crippen LogP contribution in [-0.4, -0.2) is 114 Å². The number of nitrogens with zero attached hydrogens (tertiary/aromatic N) is 3. The van der Waals surface area contributed by atoms with Crippen LogP contribution in [0.25, 0.3) is 0 Å². The molecule has 2 aromatic carbocycles. The highest BCUT2D eigenvalue weighted by molar-refractivity contribution is 7.90. The van der Waals surface area contributed by atoms with E-state index >= 15 is 0 Å². The second-order valence-corrected chi connectivity index (χ2v) is 18.2. The van der Waals surface area contributed by atoms with Gasteiger partial charge >= 0.3 is 0 Å². The van der Waals surface area contributed by atoms with Crippen LogP contribution in [0.15, 0.2) is 57.2 Å². The summed E-state index contributed by atoms with van der Waals surface area (Å²) < 4.78 is 109. The molecule has 16 heteroatoms. The second kappa shape index (κ2) is 13.4. The molecule has 0 spiro atoms. The fraction of sp³-hybridized carbons (Fsp3) is 0.600. The number of morpholine rings is 3. The zero-order valence-electron chi connectivity index (χ0n) is 26.9. The highest BCUT2D eigenvalue weighted by Crippen LogP contribution is 2.36. The zero-order valence-corrected chi connectivity index (χ0v) is 29.3. The summed E-state index contributed by atoms with van der Waals surface area (Å²) in [6.07, 6.45) is -1.91. The minimum Gasteiger partial charge on any atom is -0.456 e. The molecule has 46 heavy (non-hydrogen) atoms.